The quantitative estimate of drug-likeness (QED) is 0.404. The van der Waals surface area contributed by atoms with Gasteiger partial charge in [-0.15, -0.1) is 0 Å². The molecule has 14 heavy (non-hydrogen) atoms. The number of benzene rings is 1. The first-order valence-electron chi connectivity index (χ1n) is 4.51. The number of Topliss-reactive ketones (excluding diaryl/α,β-unsaturated/α-hetero) is 1. The highest BCUT2D eigenvalue weighted by atomic mass is 16.1. The van der Waals surface area contributed by atoms with Crippen molar-refractivity contribution in [3.63, 3.8) is 0 Å². The predicted octanol–water partition coefficient (Wildman–Crippen LogP) is 2.40. The first kappa shape index (κ1) is 10.4. The second-order valence-electron chi connectivity index (χ2n) is 2.87. The molecule has 0 heterocycles. The Morgan fingerprint density at radius 2 is 1.86 bits per heavy atom. The van der Waals surface area contributed by atoms with Crippen molar-refractivity contribution in [2.75, 3.05) is 0 Å². The minimum Gasteiger partial charge on any atom is -0.303 e. The van der Waals surface area contributed by atoms with E-state index in [0.29, 0.717) is 18.4 Å². The molecule has 0 bridgehead atoms. The number of carbonyl (C=O) groups excluding carboxylic acids is 2. The van der Waals surface area contributed by atoms with Crippen LogP contribution in [-0.4, -0.2) is 12.1 Å². The summed E-state index contributed by atoms with van der Waals surface area (Å²) < 4.78 is 0. The molecule has 72 valence electrons. The number of hydrogen-bond acceptors (Lipinski definition) is 2. The molecule has 0 radical (unpaired) electrons. The van der Waals surface area contributed by atoms with Crippen molar-refractivity contribution in [3.05, 3.63) is 48.0 Å². The SMILES string of the molecule is O=CC/C=C/CC(=O)c1ccccc1. The second-order valence-corrected chi connectivity index (χ2v) is 2.87. The van der Waals surface area contributed by atoms with Crippen LogP contribution >= 0.6 is 0 Å². The van der Waals surface area contributed by atoms with Gasteiger partial charge in [0.05, 0.1) is 0 Å². The van der Waals surface area contributed by atoms with Crippen LogP contribution in [0.3, 0.4) is 0 Å². The van der Waals surface area contributed by atoms with Crippen LogP contribution in [0.5, 0.6) is 0 Å². The van der Waals surface area contributed by atoms with Gasteiger partial charge < -0.3 is 4.79 Å². The molecule has 0 aromatic heterocycles. The van der Waals surface area contributed by atoms with Crippen LogP contribution in [0.25, 0.3) is 0 Å². The third-order valence-electron chi connectivity index (χ3n) is 1.80. The molecule has 1 aromatic rings. The fourth-order valence-corrected chi connectivity index (χ4v) is 1.08. The minimum absolute atomic E-state index is 0.0766. The smallest absolute Gasteiger partial charge is 0.166 e. The summed E-state index contributed by atoms with van der Waals surface area (Å²) in [6.45, 7) is 0. The molecule has 0 atom stereocenters. The molecule has 0 aliphatic rings. The van der Waals surface area contributed by atoms with E-state index in [1.807, 2.05) is 18.2 Å². The highest BCUT2D eigenvalue weighted by molar-refractivity contribution is 5.96. The van der Waals surface area contributed by atoms with E-state index in [1.54, 1.807) is 24.3 Å². The van der Waals surface area contributed by atoms with Gasteiger partial charge in [0, 0.05) is 18.4 Å². The zero-order valence-corrected chi connectivity index (χ0v) is 7.85. The summed E-state index contributed by atoms with van der Waals surface area (Å²) in [5, 5.41) is 0. The van der Waals surface area contributed by atoms with Gasteiger partial charge in [0.25, 0.3) is 0 Å². The van der Waals surface area contributed by atoms with Crippen LogP contribution in [-0.2, 0) is 4.79 Å². The number of allylic oxidation sites excluding steroid dienone is 2. The van der Waals surface area contributed by atoms with E-state index < -0.39 is 0 Å². The molecule has 0 saturated heterocycles. The molecular weight excluding hydrogens is 176 g/mol. The van der Waals surface area contributed by atoms with Crippen molar-refractivity contribution in [2.45, 2.75) is 12.8 Å². The van der Waals surface area contributed by atoms with Crippen molar-refractivity contribution in [1.82, 2.24) is 0 Å². The van der Waals surface area contributed by atoms with Crippen LogP contribution < -0.4 is 0 Å². The molecule has 0 unspecified atom stereocenters. The lowest BCUT2D eigenvalue weighted by molar-refractivity contribution is -0.107. The van der Waals surface area contributed by atoms with Gasteiger partial charge in [-0.05, 0) is 0 Å². The van der Waals surface area contributed by atoms with Gasteiger partial charge >= 0.3 is 0 Å². The molecule has 1 aromatic carbocycles. The normalized spacial score (nSPS) is 10.3. The molecule has 0 saturated carbocycles. The van der Waals surface area contributed by atoms with Crippen LogP contribution in [0.4, 0.5) is 0 Å². The van der Waals surface area contributed by atoms with Crippen molar-refractivity contribution < 1.29 is 9.59 Å². The maximum absolute atomic E-state index is 11.5. The van der Waals surface area contributed by atoms with Gasteiger partial charge in [0.1, 0.15) is 6.29 Å². The lowest BCUT2D eigenvalue weighted by Crippen LogP contribution is -1.95. The summed E-state index contributed by atoms with van der Waals surface area (Å²) in [5.74, 6) is 0.0766. The van der Waals surface area contributed by atoms with E-state index in [1.165, 1.54) is 0 Å². The largest absolute Gasteiger partial charge is 0.303 e. The Hall–Kier alpha value is -1.70. The Morgan fingerprint density at radius 3 is 2.50 bits per heavy atom. The van der Waals surface area contributed by atoms with Crippen LogP contribution in [0.1, 0.15) is 23.2 Å². The van der Waals surface area contributed by atoms with Crippen molar-refractivity contribution in [3.8, 4) is 0 Å². The molecule has 1 rings (SSSR count). The molecule has 0 aliphatic heterocycles. The van der Waals surface area contributed by atoms with Crippen LogP contribution in [0.15, 0.2) is 42.5 Å². The van der Waals surface area contributed by atoms with E-state index in [9.17, 15) is 9.59 Å². The van der Waals surface area contributed by atoms with Gasteiger partial charge in [-0.25, -0.2) is 0 Å². The maximum Gasteiger partial charge on any atom is 0.166 e. The van der Waals surface area contributed by atoms with E-state index in [-0.39, 0.29) is 5.78 Å². The van der Waals surface area contributed by atoms with Crippen molar-refractivity contribution in [1.29, 1.82) is 0 Å². The first-order chi connectivity index (χ1) is 6.84. The average molecular weight is 188 g/mol. The molecular formula is C12H12O2. The van der Waals surface area contributed by atoms with E-state index in [0.717, 1.165) is 6.29 Å². The summed E-state index contributed by atoms with van der Waals surface area (Å²) in [5.41, 5.74) is 0.711. The van der Waals surface area contributed by atoms with Crippen molar-refractivity contribution >= 4 is 12.1 Å². The Bertz CT molecular complexity index is 325. The number of rotatable bonds is 5. The summed E-state index contributed by atoms with van der Waals surface area (Å²) in [6.07, 6.45) is 4.97. The monoisotopic (exact) mass is 188 g/mol. The molecule has 2 heteroatoms. The Kier molecular flexibility index (Phi) is 4.35. The van der Waals surface area contributed by atoms with Crippen molar-refractivity contribution in [2.24, 2.45) is 0 Å². The Balaban J connectivity index is 2.47. The van der Waals surface area contributed by atoms with Crippen LogP contribution in [0.2, 0.25) is 0 Å². The summed E-state index contributed by atoms with van der Waals surface area (Å²) in [7, 11) is 0. The molecule has 0 spiro atoms. The van der Waals surface area contributed by atoms with Gasteiger partial charge in [0.15, 0.2) is 5.78 Å². The molecule has 0 amide bonds. The lowest BCUT2D eigenvalue weighted by atomic mass is 10.1. The molecule has 0 fully saturated rings. The van der Waals surface area contributed by atoms with Crippen LogP contribution in [0, 0.1) is 0 Å². The zero-order valence-electron chi connectivity index (χ0n) is 7.85. The van der Waals surface area contributed by atoms with E-state index in [4.69, 9.17) is 0 Å². The fraction of sp³-hybridized carbons (Fsp3) is 0.167. The van der Waals surface area contributed by atoms with Gasteiger partial charge in [-0.1, -0.05) is 42.5 Å². The fourth-order valence-electron chi connectivity index (χ4n) is 1.08. The predicted molar refractivity (Wildman–Crippen MR) is 55.2 cm³/mol. The summed E-state index contributed by atoms with van der Waals surface area (Å²) >= 11 is 0. The number of aldehydes is 1. The summed E-state index contributed by atoms with van der Waals surface area (Å²) in [6, 6.07) is 9.12. The average Bonchev–Trinajstić information content (AvgIpc) is 2.25. The maximum atomic E-state index is 11.5. The Morgan fingerprint density at radius 1 is 1.14 bits per heavy atom. The third kappa shape index (κ3) is 3.35. The number of ketones is 1. The third-order valence-corrected chi connectivity index (χ3v) is 1.80. The highest BCUT2D eigenvalue weighted by Crippen LogP contribution is 2.03. The summed E-state index contributed by atoms with van der Waals surface area (Å²) in [4.78, 5) is 21.5. The molecule has 2 nitrogen and oxygen atoms in total. The topological polar surface area (TPSA) is 34.1 Å². The van der Waals surface area contributed by atoms with E-state index >= 15 is 0 Å². The molecule has 0 N–H and O–H groups in total. The zero-order chi connectivity index (χ0) is 10.2. The number of carbonyl (C=O) groups is 2. The lowest BCUT2D eigenvalue weighted by Gasteiger charge is -1.95. The highest BCUT2D eigenvalue weighted by Gasteiger charge is 2.00. The standard InChI is InChI=1S/C12H12O2/c13-10-6-2-5-9-12(14)11-7-3-1-4-8-11/h1-5,7-8,10H,6,9H2/b5-2+. The minimum atomic E-state index is 0.0766. The number of hydrogen-bond donors (Lipinski definition) is 0. The van der Waals surface area contributed by atoms with Gasteiger partial charge in [-0.3, -0.25) is 4.79 Å². The van der Waals surface area contributed by atoms with Gasteiger partial charge in [-0.2, -0.15) is 0 Å². The molecule has 0 aliphatic carbocycles. The second kappa shape index (κ2) is 5.86. The first-order valence-corrected chi connectivity index (χ1v) is 4.51. The van der Waals surface area contributed by atoms with Gasteiger partial charge in [0.2, 0.25) is 0 Å². The Labute approximate surface area is 83.3 Å². The van der Waals surface area contributed by atoms with E-state index in [2.05, 4.69) is 0 Å².